The topological polar surface area (TPSA) is 0 Å². The Hall–Kier alpha value is -4.20. The van der Waals surface area contributed by atoms with Crippen LogP contribution in [0.25, 0.3) is 74.4 Å². The maximum atomic E-state index is 2.43. The first kappa shape index (κ1) is 19.1. The molecule has 1 heteroatoms. The van der Waals surface area contributed by atoms with Crippen LogP contribution in [-0.2, 0) is 0 Å². The van der Waals surface area contributed by atoms with E-state index in [4.69, 9.17) is 0 Å². The second kappa shape index (κ2) is 7.15. The minimum absolute atomic E-state index is 1.27. The van der Waals surface area contributed by atoms with Gasteiger partial charge < -0.3 is 0 Å². The zero-order valence-electron chi connectivity index (χ0n) is 19.0. The molecule has 0 saturated heterocycles. The Morgan fingerprint density at radius 2 is 0.857 bits per heavy atom. The molecule has 0 saturated carbocycles. The molecule has 1 heterocycles. The summed E-state index contributed by atoms with van der Waals surface area (Å²) < 4.78 is 2.69. The van der Waals surface area contributed by atoms with Crippen molar-refractivity contribution in [1.29, 1.82) is 0 Å². The maximum absolute atomic E-state index is 2.43. The van der Waals surface area contributed by atoms with Crippen molar-refractivity contribution in [3.63, 3.8) is 0 Å². The van der Waals surface area contributed by atoms with E-state index < -0.39 is 0 Å². The summed E-state index contributed by atoms with van der Waals surface area (Å²) in [7, 11) is 0. The molecule has 0 unspecified atom stereocenters. The summed E-state index contributed by atoms with van der Waals surface area (Å²) in [6.07, 6.45) is 0. The molecule has 8 rings (SSSR count). The van der Waals surface area contributed by atoms with Gasteiger partial charge in [-0.1, -0.05) is 97.1 Å². The van der Waals surface area contributed by atoms with Crippen molar-refractivity contribution in [1.82, 2.24) is 0 Å². The van der Waals surface area contributed by atoms with Crippen LogP contribution in [0.5, 0.6) is 0 Å². The van der Waals surface area contributed by atoms with Crippen LogP contribution in [0.1, 0.15) is 0 Å². The van der Waals surface area contributed by atoms with Crippen LogP contribution in [0.2, 0.25) is 0 Å². The summed E-state index contributed by atoms with van der Waals surface area (Å²) in [5, 5.41) is 13.3. The lowest BCUT2D eigenvalue weighted by molar-refractivity contribution is 1.73. The zero-order valence-corrected chi connectivity index (χ0v) is 19.8. The van der Waals surface area contributed by atoms with Gasteiger partial charge in [0.15, 0.2) is 0 Å². The molecule has 0 aliphatic carbocycles. The Labute approximate surface area is 206 Å². The monoisotopic (exact) mass is 460 g/mol. The van der Waals surface area contributed by atoms with Gasteiger partial charge in [0.05, 0.1) is 0 Å². The van der Waals surface area contributed by atoms with Crippen molar-refractivity contribution >= 4 is 74.6 Å². The number of benzene rings is 7. The standard InChI is InChI=1S/C34H20S/c1-2-11-24-22(9-1)23-10-3-5-14-27(23)34-28-15-6-4-12-25(28)29(20-31(24)34)21-17-18-33-30(19-21)26-13-7-8-16-32(26)35-33/h1-20H. The largest absolute Gasteiger partial charge is 0.135 e. The number of hydrogen-bond donors (Lipinski definition) is 0. The van der Waals surface area contributed by atoms with Crippen LogP contribution in [-0.4, -0.2) is 0 Å². The molecule has 0 aliphatic rings. The molecular weight excluding hydrogens is 440 g/mol. The third-order valence-electron chi connectivity index (χ3n) is 7.44. The summed E-state index contributed by atoms with van der Waals surface area (Å²) in [5.74, 6) is 0. The van der Waals surface area contributed by atoms with Gasteiger partial charge in [-0.3, -0.25) is 0 Å². The van der Waals surface area contributed by atoms with Gasteiger partial charge in [0.2, 0.25) is 0 Å². The highest BCUT2D eigenvalue weighted by Crippen LogP contribution is 2.44. The molecular formula is C34H20S. The van der Waals surface area contributed by atoms with Crippen molar-refractivity contribution in [3.05, 3.63) is 121 Å². The van der Waals surface area contributed by atoms with Gasteiger partial charge in [0.25, 0.3) is 0 Å². The summed E-state index contributed by atoms with van der Waals surface area (Å²) >= 11 is 1.88. The first-order valence-electron chi connectivity index (χ1n) is 12.0. The van der Waals surface area contributed by atoms with E-state index in [0.29, 0.717) is 0 Å². The second-order valence-electron chi connectivity index (χ2n) is 9.29. The molecule has 0 N–H and O–H groups in total. The second-order valence-corrected chi connectivity index (χ2v) is 10.4. The highest BCUT2D eigenvalue weighted by Gasteiger charge is 2.15. The molecule has 0 atom stereocenters. The molecule has 0 spiro atoms. The molecule has 0 nitrogen and oxygen atoms in total. The molecule has 0 radical (unpaired) electrons. The Kier molecular flexibility index (Phi) is 3.91. The molecule has 0 fully saturated rings. The highest BCUT2D eigenvalue weighted by molar-refractivity contribution is 7.25. The van der Waals surface area contributed by atoms with Gasteiger partial charge >= 0.3 is 0 Å². The molecule has 0 aliphatic heterocycles. The Bertz CT molecular complexity index is 2110. The number of rotatable bonds is 1. The van der Waals surface area contributed by atoms with E-state index in [0.717, 1.165) is 0 Å². The molecule has 162 valence electrons. The van der Waals surface area contributed by atoms with Crippen molar-refractivity contribution in [2.45, 2.75) is 0 Å². The number of fused-ring (bicyclic) bond motifs is 11. The van der Waals surface area contributed by atoms with E-state index in [9.17, 15) is 0 Å². The predicted octanol–water partition coefficient (Wildman–Crippen LogP) is 10.3. The minimum Gasteiger partial charge on any atom is -0.135 e. The highest BCUT2D eigenvalue weighted by atomic mass is 32.1. The van der Waals surface area contributed by atoms with E-state index in [1.807, 2.05) is 11.3 Å². The van der Waals surface area contributed by atoms with E-state index in [1.165, 1.54) is 74.4 Å². The van der Waals surface area contributed by atoms with Gasteiger partial charge in [-0.25, -0.2) is 0 Å². The van der Waals surface area contributed by atoms with Crippen LogP contribution >= 0.6 is 11.3 Å². The van der Waals surface area contributed by atoms with Gasteiger partial charge in [-0.15, -0.1) is 11.3 Å². The van der Waals surface area contributed by atoms with E-state index in [-0.39, 0.29) is 0 Å². The van der Waals surface area contributed by atoms with Crippen molar-refractivity contribution in [2.24, 2.45) is 0 Å². The lowest BCUT2D eigenvalue weighted by atomic mass is 9.87. The lowest BCUT2D eigenvalue weighted by Gasteiger charge is -2.16. The number of thiophene rings is 1. The summed E-state index contributed by atoms with van der Waals surface area (Å²) in [5.41, 5.74) is 2.57. The normalized spacial score (nSPS) is 12.0. The maximum Gasteiger partial charge on any atom is 0.0355 e. The fourth-order valence-electron chi connectivity index (χ4n) is 5.90. The van der Waals surface area contributed by atoms with Crippen LogP contribution in [0, 0.1) is 0 Å². The van der Waals surface area contributed by atoms with E-state index >= 15 is 0 Å². The predicted molar refractivity (Wildman–Crippen MR) is 155 cm³/mol. The van der Waals surface area contributed by atoms with Gasteiger partial charge in [-0.2, -0.15) is 0 Å². The Balaban J connectivity index is 1.57. The molecule has 8 aromatic rings. The molecule has 7 aromatic carbocycles. The van der Waals surface area contributed by atoms with Crippen molar-refractivity contribution < 1.29 is 0 Å². The van der Waals surface area contributed by atoms with Gasteiger partial charge in [-0.05, 0) is 78.5 Å². The van der Waals surface area contributed by atoms with Crippen LogP contribution < -0.4 is 0 Å². The SMILES string of the molecule is c1ccc2c(c1)sc1ccc(-c3cc4c5ccccc5c5ccccc5c4c4ccccc34)cc12. The Morgan fingerprint density at radius 1 is 0.343 bits per heavy atom. The summed E-state index contributed by atoms with van der Waals surface area (Å²) in [6.45, 7) is 0. The quantitative estimate of drug-likeness (QED) is 0.214. The van der Waals surface area contributed by atoms with Crippen LogP contribution in [0.15, 0.2) is 121 Å². The average Bonchev–Trinajstić information content (AvgIpc) is 3.30. The third-order valence-corrected chi connectivity index (χ3v) is 8.59. The van der Waals surface area contributed by atoms with E-state index in [1.54, 1.807) is 0 Å². The fraction of sp³-hybridized carbons (Fsp3) is 0. The van der Waals surface area contributed by atoms with Crippen LogP contribution in [0.3, 0.4) is 0 Å². The summed E-state index contributed by atoms with van der Waals surface area (Å²) in [6, 6.07) is 44.8. The van der Waals surface area contributed by atoms with Crippen LogP contribution in [0.4, 0.5) is 0 Å². The molecule has 1 aromatic heterocycles. The Morgan fingerprint density at radius 3 is 1.60 bits per heavy atom. The molecule has 0 bridgehead atoms. The smallest absolute Gasteiger partial charge is 0.0355 e. The molecule has 35 heavy (non-hydrogen) atoms. The number of hydrogen-bond acceptors (Lipinski definition) is 1. The third kappa shape index (κ3) is 2.67. The lowest BCUT2D eigenvalue weighted by Crippen LogP contribution is -1.88. The van der Waals surface area contributed by atoms with Crippen molar-refractivity contribution in [2.75, 3.05) is 0 Å². The molecule has 0 amide bonds. The van der Waals surface area contributed by atoms with E-state index in [2.05, 4.69) is 121 Å². The van der Waals surface area contributed by atoms with Gasteiger partial charge in [0, 0.05) is 20.2 Å². The fourth-order valence-corrected chi connectivity index (χ4v) is 6.99. The minimum atomic E-state index is 1.27. The first-order valence-corrected chi connectivity index (χ1v) is 12.8. The zero-order chi connectivity index (χ0) is 22.9. The summed E-state index contributed by atoms with van der Waals surface area (Å²) in [4.78, 5) is 0. The first-order chi connectivity index (χ1) is 17.4. The van der Waals surface area contributed by atoms with Gasteiger partial charge in [0.1, 0.15) is 0 Å². The van der Waals surface area contributed by atoms with Crippen molar-refractivity contribution in [3.8, 4) is 11.1 Å². The average molecular weight is 461 g/mol.